The van der Waals surface area contributed by atoms with E-state index in [0.29, 0.717) is 0 Å². The van der Waals surface area contributed by atoms with E-state index in [1.807, 2.05) is 6.20 Å². The van der Waals surface area contributed by atoms with E-state index in [1.165, 1.54) is 11.1 Å². The van der Waals surface area contributed by atoms with E-state index in [0.717, 1.165) is 16.7 Å². The van der Waals surface area contributed by atoms with Crippen molar-refractivity contribution in [2.24, 2.45) is 0 Å². The maximum atomic E-state index is 4.40. The molecular formula is C14H16BrN3. The van der Waals surface area contributed by atoms with Crippen LogP contribution in [-0.2, 0) is 0 Å². The highest BCUT2D eigenvalue weighted by Gasteiger charge is 2.16. The molecule has 1 aromatic carbocycles. The number of hydrogen-bond acceptors (Lipinski definition) is 3. The third kappa shape index (κ3) is 2.94. The normalized spacial score (nSPS) is 12.4. The van der Waals surface area contributed by atoms with Gasteiger partial charge < -0.3 is 5.32 Å². The summed E-state index contributed by atoms with van der Waals surface area (Å²) < 4.78 is 1.10. The molecule has 1 atom stereocenters. The molecule has 0 aliphatic carbocycles. The minimum atomic E-state index is 0.0943. The topological polar surface area (TPSA) is 37.8 Å². The lowest BCUT2D eigenvalue weighted by Gasteiger charge is -2.19. The largest absolute Gasteiger partial charge is 0.305 e. The summed E-state index contributed by atoms with van der Waals surface area (Å²) in [5.74, 6) is 0. The van der Waals surface area contributed by atoms with Crippen LogP contribution in [0.2, 0.25) is 0 Å². The van der Waals surface area contributed by atoms with Gasteiger partial charge >= 0.3 is 0 Å². The number of halogens is 1. The second-order valence-corrected chi connectivity index (χ2v) is 5.04. The van der Waals surface area contributed by atoms with Crippen LogP contribution in [0.15, 0.2) is 41.3 Å². The van der Waals surface area contributed by atoms with Crippen molar-refractivity contribution in [3.05, 3.63) is 58.1 Å². The van der Waals surface area contributed by atoms with E-state index in [-0.39, 0.29) is 6.04 Å². The number of aryl methyl sites for hydroxylation is 1. The Morgan fingerprint density at radius 1 is 1.33 bits per heavy atom. The molecule has 1 heterocycles. The van der Waals surface area contributed by atoms with Crippen LogP contribution < -0.4 is 5.32 Å². The smallest absolute Gasteiger partial charge is 0.0801 e. The van der Waals surface area contributed by atoms with Crippen molar-refractivity contribution in [2.45, 2.75) is 19.9 Å². The first kappa shape index (κ1) is 13.2. The van der Waals surface area contributed by atoms with Gasteiger partial charge in [-0.05, 0) is 36.7 Å². The van der Waals surface area contributed by atoms with E-state index < -0.39 is 0 Å². The summed E-state index contributed by atoms with van der Waals surface area (Å²) in [5, 5.41) is 3.46. The van der Waals surface area contributed by atoms with Crippen molar-refractivity contribution in [1.82, 2.24) is 15.3 Å². The van der Waals surface area contributed by atoms with Gasteiger partial charge in [-0.3, -0.25) is 9.97 Å². The summed E-state index contributed by atoms with van der Waals surface area (Å²) in [6, 6.07) is 6.40. The van der Waals surface area contributed by atoms with Crippen molar-refractivity contribution in [3.63, 3.8) is 0 Å². The van der Waals surface area contributed by atoms with Crippen LogP contribution in [0.5, 0.6) is 0 Å². The van der Waals surface area contributed by atoms with Crippen LogP contribution >= 0.6 is 15.9 Å². The van der Waals surface area contributed by atoms with Crippen molar-refractivity contribution in [3.8, 4) is 0 Å². The van der Waals surface area contributed by atoms with E-state index in [9.17, 15) is 0 Å². The molecule has 2 rings (SSSR count). The minimum Gasteiger partial charge on any atom is -0.305 e. The summed E-state index contributed by atoms with van der Waals surface area (Å²) >= 11 is 3.49. The summed E-state index contributed by atoms with van der Waals surface area (Å²) in [6.45, 7) is 5.09. The van der Waals surface area contributed by atoms with Crippen LogP contribution in [0.4, 0.5) is 0 Å². The Bertz CT molecular complexity index is 514. The van der Waals surface area contributed by atoms with E-state index in [2.05, 4.69) is 63.3 Å². The molecule has 0 amide bonds. The molecule has 0 aliphatic heterocycles. The molecule has 0 bridgehead atoms. The van der Waals surface area contributed by atoms with Crippen LogP contribution in [0, 0.1) is 6.92 Å². The van der Waals surface area contributed by atoms with Gasteiger partial charge in [0.15, 0.2) is 0 Å². The van der Waals surface area contributed by atoms with Gasteiger partial charge in [-0.25, -0.2) is 0 Å². The van der Waals surface area contributed by atoms with Gasteiger partial charge in [0.05, 0.1) is 17.9 Å². The standard InChI is InChI=1S/C14H16BrN3/c1-3-17-14(13-9-16-6-7-18-13)12-5-4-11(15)8-10(12)2/h4-9,14,17H,3H2,1-2H3. The maximum Gasteiger partial charge on any atom is 0.0801 e. The van der Waals surface area contributed by atoms with E-state index in [1.54, 1.807) is 12.4 Å². The minimum absolute atomic E-state index is 0.0943. The second kappa shape index (κ2) is 6.07. The van der Waals surface area contributed by atoms with Crippen molar-refractivity contribution in [1.29, 1.82) is 0 Å². The Hall–Kier alpha value is -1.26. The first-order chi connectivity index (χ1) is 8.72. The zero-order valence-corrected chi connectivity index (χ0v) is 12.1. The predicted octanol–water partition coefficient (Wildman–Crippen LogP) is 3.25. The van der Waals surface area contributed by atoms with Crippen LogP contribution in [0.1, 0.15) is 29.8 Å². The van der Waals surface area contributed by atoms with Gasteiger partial charge in [-0.2, -0.15) is 0 Å². The van der Waals surface area contributed by atoms with E-state index >= 15 is 0 Å². The second-order valence-electron chi connectivity index (χ2n) is 4.12. The lowest BCUT2D eigenvalue weighted by molar-refractivity contribution is 0.610. The van der Waals surface area contributed by atoms with E-state index in [4.69, 9.17) is 0 Å². The molecule has 1 unspecified atom stereocenters. The molecule has 1 aromatic heterocycles. The summed E-state index contributed by atoms with van der Waals surface area (Å²) in [6.07, 6.45) is 5.24. The van der Waals surface area contributed by atoms with Crippen molar-refractivity contribution in [2.75, 3.05) is 6.54 Å². The SMILES string of the molecule is CCNC(c1cnccn1)c1ccc(Br)cc1C. The fourth-order valence-electron chi connectivity index (χ4n) is 2.00. The zero-order chi connectivity index (χ0) is 13.0. The number of rotatable bonds is 4. The first-order valence-corrected chi connectivity index (χ1v) is 6.77. The number of aromatic nitrogens is 2. The fraction of sp³-hybridized carbons (Fsp3) is 0.286. The highest BCUT2D eigenvalue weighted by molar-refractivity contribution is 9.10. The molecule has 0 aliphatic rings. The lowest BCUT2D eigenvalue weighted by Crippen LogP contribution is -2.23. The third-order valence-corrected chi connectivity index (χ3v) is 3.32. The van der Waals surface area contributed by atoms with Crippen molar-refractivity contribution < 1.29 is 0 Å². The Kier molecular flexibility index (Phi) is 4.44. The predicted molar refractivity (Wildman–Crippen MR) is 76.4 cm³/mol. The molecule has 0 saturated heterocycles. The van der Waals surface area contributed by atoms with Crippen LogP contribution in [-0.4, -0.2) is 16.5 Å². The molecule has 2 aromatic rings. The molecule has 0 saturated carbocycles. The molecule has 0 spiro atoms. The highest BCUT2D eigenvalue weighted by atomic mass is 79.9. The Morgan fingerprint density at radius 2 is 2.17 bits per heavy atom. The quantitative estimate of drug-likeness (QED) is 0.942. The average molecular weight is 306 g/mol. The van der Waals surface area contributed by atoms with Gasteiger partial charge in [-0.15, -0.1) is 0 Å². The zero-order valence-electron chi connectivity index (χ0n) is 10.5. The summed E-state index contributed by atoms with van der Waals surface area (Å²) in [7, 11) is 0. The molecule has 94 valence electrons. The van der Waals surface area contributed by atoms with Crippen LogP contribution in [0.3, 0.4) is 0 Å². The fourth-order valence-corrected chi connectivity index (χ4v) is 2.48. The molecule has 0 fully saturated rings. The van der Waals surface area contributed by atoms with Gasteiger partial charge in [-0.1, -0.05) is 28.9 Å². The first-order valence-electron chi connectivity index (χ1n) is 5.97. The maximum absolute atomic E-state index is 4.40. The number of benzene rings is 1. The summed E-state index contributed by atoms with van der Waals surface area (Å²) in [5.41, 5.74) is 3.42. The Balaban J connectivity index is 2.41. The van der Waals surface area contributed by atoms with Gasteiger partial charge in [0.2, 0.25) is 0 Å². The molecule has 0 radical (unpaired) electrons. The highest BCUT2D eigenvalue weighted by Crippen LogP contribution is 2.25. The third-order valence-electron chi connectivity index (χ3n) is 2.83. The average Bonchev–Trinajstić information content (AvgIpc) is 2.38. The van der Waals surface area contributed by atoms with Gasteiger partial charge in [0.1, 0.15) is 0 Å². The summed E-state index contributed by atoms with van der Waals surface area (Å²) in [4.78, 5) is 8.55. The monoisotopic (exact) mass is 305 g/mol. The van der Waals surface area contributed by atoms with Crippen LogP contribution in [0.25, 0.3) is 0 Å². The molecule has 3 nitrogen and oxygen atoms in total. The van der Waals surface area contributed by atoms with Crippen molar-refractivity contribution >= 4 is 15.9 Å². The molecule has 18 heavy (non-hydrogen) atoms. The number of nitrogens with zero attached hydrogens (tertiary/aromatic N) is 2. The number of hydrogen-bond donors (Lipinski definition) is 1. The molecular weight excluding hydrogens is 290 g/mol. The molecule has 4 heteroatoms. The van der Waals surface area contributed by atoms with Gasteiger partial charge in [0, 0.05) is 16.9 Å². The Morgan fingerprint density at radius 3 is 2.78 bits per heavy atom. The molecule has 1 N–H and O–H groups in total. The number of nitrogens with one attached hydrogen (secondary N) is 1. The van der Waals surface area contributed by atoms with Gasteiger partial charge in [0.25, 0.3) is 0 Å². The lowest BCUT2D eigenvalue weighted by atomic mass is 9.99. The Labute approximate surface area is 116 Å².